The molecule has 0 radical (unpaired) electrons. The highest BCUT2D eigenvalue weighted by Gasteiger charge is 2.23. The lowest BCUT2D eigenvalue weighted by Gasteiger charge is -2.31. The van der Waals surface area contributed by atoms with E-state index in [4.69, 9.17) is 11.6 Å². The Labute approximate surface area is 181 Å². The summed E-state index contributed by atoms with van der Waals surface area (Å²) in [4.78, 5) is 9.26. The lowest BCUT2D eigenvalue weighted by molar-refractivity contribution is 0.893. The third-order valence-corrected chi connectivity index (χ3v) is 6.67. The van der Waals surface area contributed by atoms with Crippen molar-refractivity contribution < 1.29 is 0 Å². The topological polar surface area (TPSA) is 41.4 Å². The quantitative estimate of drug-likeness (QED) is 0.333. The standard InChI is InChI=1S/C22H15ClN4S2/c23-16-11-9-15(10-12-16)13-24-22-26-25-21(29-22)14-27-17-5-1-3-7-19(17)28-20-8-4-2-6-18(20)27/h1-13H,14H2/b24-13+. The Hall–Kier alpha value is -2.67. The van der Waals surface area contributed by atoms with Gasteiger partial charge in [0, 0.05) is 21.0 Å². The maximum atomic E-state index is 5.93. The van der Waals surface area contributed by atoms with Gasteiger partial charge in [-0.25, -0.2) is 4.99 Å². The van der Waals surface area contributed by atoms with Crippen molar-refractivity contribution in [2.45, 2.75) is 16.3 Å². The minimum Gasteiger partial charge on any atom is -0.333 e. The number of aliphatic imine (C=N–C) groups is 1. The fourth-order valence-corrected chi connectivity index (χ4v) is 5.02. The van der Waals surface area contributed by atoms with Gasteiger partial charge in [0.05, 0.1) is 17.9 Å². The van der Waals surface area contributed by atoms with Gasteiger partial charge in [-0.3, -0.25) is 0 Å². The van der Waals surface area contributed by atoms with Crippen LogP contribution < -0.4 is 4.90 Å². The molecular formula is C22H15ClN4S2. The predicted octanol–water partition coefficient (Wildman–Crippen LogP) is 6.75. The van der Waals surface area contributed by atoms with Crippen LogP contribution in [0.4, 0.5) is 16.5 Å². The summed E-state index contributed by atoms with van der Waals surface area (Å²) in [6.45, 7) is 0.655. The van der Waals surface area contributed by atoms with Crippen molar-refractivity contribution in [1.29, 1.82) is 0 Å². The number of aromatic nitrogens is 2. The van der Waals surface area contributed by atoms with E-state index in [-0.39, 0.29) is 0 Å². The van der Waals surface area contributed by atoms with Crippen LogP contribution in [0.15, 0.2) is 87.6 Å². The number of rotatable bonds is 4. The number of anilines is 2. The summed E-state index contributed by atoms with van der Waals surface area (Å²) < 4.78 is 0. The molecule has 2 heterocycles. The Balaban J connectivity index is 1.41. The first-order valence-electron chi connectivity index (χ1n) is 9.02. The van der Waals surface area contributed by atoms with Crippen molar-refractivity contribution in [3.63, 3.8) is 0 Å². The summed E-state index contributed by atoms with van der Waals surface area (Å²) in [6, 6.07) is 24.5. The maximum absolute atomic E-state index is 5.93. The van der Waals surface area contributed by atoms with Crippen LogP contribution >= 0.6 is 34.7 Å². The van der Waals surface area contributed by atoms with Crippen LogP contribution in [0.2, 0.25) is 5.02 Å². The van der Waals surface area contributed by atoms with Gasteiger partial charge in [0.2, 0.25) is 5.13 Å². The van der Waals surface area contributed by atoms with E-state index in [1.54, 1.807) is 18.0 Å². The molecule has 0 aliphatic carbocycles. The van der Waals surface area contributed by atoms with Gasteiger partial charge in [0.1, 0.15) is 5.01 Å². The van der Waals surface area contributed by atoms with Crippen molar-refractivity contribution in [2.24, 2.45) is 4.99 Å². The second-order valence-corrected chi connectivity index (χ2v) is 8.97. The zero-order chi connectivity index (χ0) is 19.6. The van der Waals surface area contributed by atoms with Gasteiger partial charge in [-0.05, 0) is 42.0 Å². The summed E-state index contributed by atoms with van der Waals surface area (Å²) in [5.74, 6) is 0. The molecule has 1 aromatic heterocycles. The third kappa shape index (κ3) is 3.92. The van der Waals surface area contributed by atoms with Crippen LogP contribution in [-0.2, 0) is 6.54 Å². The normalized spacial score (nSPS) is 12.8. The number of fused-ring (bicyclic) bond motifs is 2. The highest BCUT2D eigenvalue weighted by atomic mass is 35.5. The van der Waals surface area contributed by atoms with Gasteiger partial charge in [0.25, 0.3) is 0 Å². The monoisotopic (exact) mass is 434 g/mol. The molecule has 0 atom stereocenters. The molecule has 4 nitrogen and oxygen atoms in total. The first-order chi connectivity index (χ1) is 14.3. The predicted molar refractivity (Wildman–Crippen MR) is 121 cm³/mol. The van der Waals surface area contributed by atoms with Gasteiger partial charge in [0.15, 0.2) is 0 Å². The van der Waals surface area contributed by atoms with E-state index in [0.29, 0.717) is 16.7 Å². The van der Waals surface area contributed by atoms with Gasteiger partial charge in [-0.15, -0.1) is 10.2 Å². The van der Waals surface area contributed by atoms with E-state index >= 15 is 0 Å². The van der Waals surface area contributed by atoms with E-state index < -0.39 is 0 Å². The van der Waals surface area contributed by atoms with E-state index in [1.807, 2.05) is 24.3 Å². The van der Waals surface area contributed by atoms with Crippen molar-refractivity contribution in [2.75, 3.05) is 4.90 Å². The molecule has 142 valence electrons. The van der Waals surface area contributed by atoms with E-state index in [0.717, 1.165) is 10.6 Å². The molecule has 0 bridgehead atoms. The first kappa shape index (κ1) is 18.4. The minimum absolute atomic E-state index is 0.642. The van der Waals surface area contributed by atoms with Crippen LogP contribution in [0, 0.1) is 0 Å². The largest absolute Gasteiger partial charge is 0.333 e. The lowest BCUT2D eigenvalue weighted by Crippen LogP contribution is -2.20. The summed E-state index contributed by atoms with van der Waals surface area (Å²) in [5, 5.41) is 10.9. The molecule has 0 saturated carbocycles. The molecule has 0 fully saturated rings. The lowest BCUT2D eigenvalue weighted by atomic mass is 10.2. The van der Waals surface area contributed by atoms with Gasteiger partial charge in [-0.1, -0.05) is 71.1 Å². The van der Waals surface area contributed by atoms with Crippen molar-refractivity contribution in [3.05, 3.63) is 88.4 Å². The summed E-state index contributed by atoms with van der Waals surface area (Å²) in [5.41, 5.74) is 3.36. The van der Waals surface area contributed by atoms with Gasteiger partial charge in [-0.2, -0.15) is 0 Å². The Kier molecular flexibility index (Phi) is 5.06. The van der Waals surface area contributed by atoms with Crippen LogP contribution in [0.3, 0.4) is 0 Å². The SMILES string of the molecule is Clc1ccc(/C=N/c2nnc(CN3c4ccccc4Sc4ccccc43)s2)cc1. The van der Waals surface area contributed by atoms with E-state index in [2.05, 4.69) is 68.6 Å². The Morgan fingerprint density at radius 2 is 1.52 bits per heavy atom. The molecule has 0 N–H and O–H groups in total. The average molecular weight is 435 g/mol. The zero-order valence-corrected chi connectivity index (χ0v) is 17.6. The molecule has 29 heavy (non-hydrogen) atoms. The molecule has 1 aliphatic heterocycles. The molecule has 0 unspecified atom stereocenters. The molecule has 0 spiro atoms. The maximum Gasteiger partial charge on any atom is 0.231 e. The van der Waals surface area contributed by atoms with Crippen molar-refractivity contribution >= 4 is 57.4 Å². The molecule has 3 aromatic carbocycles. The highest BCUT2D eigenvalue weighted by molar-refractivity contribution is 7.99. The molecule has 7 heteroatoms. The number of hydrogen-bond donors (Lipinski definition) is 0. The van der Waals surface area contributed by atoms with Crippen molar-refractivity contribution in [1.82, 2.24) is 10.2 Å². The Morgan fingerprint density at radius 3 is 2.21 bits per heavy atom. The molecule has 1 aliphatic rings. The third-order valence-electron chi connectivity index (χ3n) is 4.48. The zero-order valence-electron chi connectivity index (χ0n) is 15.2. The number of para-hydroxylation sites is 2. The number of halogens is 1. The molecule has 4 aromatic rings. The van der Waals surface area contributed by atoms with Crippen LogP contribution in [-0.4, -0.2) is 16.4 Å². The number of nitrogens with zero attached hydrogens (tertiary/aromatic N) is 4. The minimum atomic E-state index is 0.642. The second kappa shape index (κ2) is 7.99. The number of hydrogen-bond acceptors (Lipinski definition) is 6. The molecule has 0 amide bonds. The molecule has 5 rings (SSSR count). The average Bonchev–Trinajstić information content (AvgIpc) is 3.21. The van der Waals surface area contributed by atoms with Gasteiger partial charge < -0.3 is 4.90 Å². The van der Waals surface area contributed by atoms with E-state index in [9.17, 15) is 0 Å². The highest BCUT2D eigenvalue weighted by Crippen LogP contribution is 2.48. The molecular weight excluding hydrogens is 420 g/mol. The van der Waals surface area contributed by atoms with Crippen LogP contribution in [0.25, 0.3) is 0 Å². The summed E-state index contributed by atoms with van der Waals surface area (Å²) >= 11 is 9.23. The fraction of sp³-hybridized carbons (Fsp3) is 0.0455. The fourth-order valence-electron chi connectivity index (χ4n) is 3.13. The smallest absolute Gasteiger partial charge is 0.231 e. The summed E-state index contributed by atoms with van der Waals surface area (Å²) in [7, 11) is 0. The number of benzene rings is 3. The second-order valence-electron chi connectivity index (χ2n) is 6.41. The summed E-state index contributed by atoms with van der Waals surface area (Å²) in [6.07, 6.45) is 1.78. The molecule has 0 saturated heterocycles. The first-order valence-corrected chi connectivity index (χ1v) is 11.0. The Morgan fingerprint density at radius 1 is 0.862 bits per heavy atom. The van der Waals surface area contributed by atoms with Crippen LogP contribution in [0.1, 0.15) is 10.6 Å². The van der Waals surface area contributed by atoms with E-state index in [1.165, 1.54) is 32.5 Å². The van der Waals surface area contributed by atoms with Gasteiger partial charge >= 0.3 is 0 Å². The van der Waals surface area contributed by atoms with Crippen molar-refractivity contribution in [3.8, 4) is 0 Å². The Bertz CT molecular complexity index is 1140. The van der Waals surface area contributed by atoms with Crippen LogP contribution in [0.5, 0.6) is 0 Å².